The predicted octanol–water partition coefficient (Wildman–Crippen LogP) is 3.62. The smallest absolute Gasteiger partial charge is 0.387 e. The van der Waals surface area contributed by atoms with E-state index >= 15 is 0 Å². The molecule has 1 aromatic rings. The highest BCUT2D eigenvalue weighted by Gasteiger charge is 2.36. The summed E-state index contributed by atoms with van der Waals surface area (Å²) in [5, 5.41) is 2.53. The molecule has 6 heteroatoms. The third-order valence-electron chi connectivity index (χ3n) is 4.00. The molecule has 0 radical (unpaired) electrons. The number of alkyl halides is 3. The zero-order valence-electron chi connectivity index (χ0n) is 12.1. The van der Waals surface area contributed by atoms with Crippen LogP contribution in [0.1, 0.15) is 35.7 Å². The average Bonchev–Trinajstić information content (AvgIpc) is 2.93. The fraction of sp³-hybridized carbons (Fsp3) is 0.533. The van der Waals surface area contributed by atoms with Gasteiger partial charge in [-0.2, -0.15) is 13.2 Å². The van der Waals surface area contributed by atoms with Crippen LogP contribution in [0, 0.1) is 5.92 Å². The van der Waals surface area contributed by atoms with Gasteiger partial charge in [0.1, 0.15) is 0 Å². The molecule has 0 aromatic heterocycles. The summed E-state index contributed by atoms with van der Waals surface area (Å²) < 4.78 is 39.0. The van der Waals surface area contributed by atoms with Gasteiger partial charge >= 0.3 is 6.18 Å². The normalized spacial score (nSPS) is 18.9. The maximum Gasteiger partial charge on any atom is 0.418 e. The molecule has 1 amide bonds. The zero-order valence-corrected chi connectivity index (χ0v) is 12.1. The lowest BCUT2D eigenvalue weighted by atomic mass is 10.0. The summed E-state index contributed by atoms with van der Waals surface area (Å²) in [5.74, 6) is 0.110. The van der Waals surface area contributed by atoms with Gasteiger partial charge in [-0.25, -0.2) is 0 Å². The summed E-state index contributed by atoms with van der Waals surface area (Å²) in [7, 11) is 1.40. The topological polar surface area (TPSA) is 32.3 Å². The van der Waals surface area contributed by atoms with Crippen LogP contribution in [0.4, 0.5) is 18.9 Å². The Bertz CT molecular complexity index is 528. The molecule has 1 unspecified atom stereocenters. The lowest BCUT2D eigenvalue weighted by Crippen LogP contribution is -2.29. The Morgan fingerprint density at radius 1 is 1.43 bits per heavy atom. The van der Waals surface area contributed by atoms with Gasteiger partial charge < -0.3 is 10.2 Å². The summed E-state index contributed by atoms with van der Waals surface area (Å²) in [6.07, 6.45) is -2.59. The largest absolute Gasteiger partial charge is 0.418 e. The van der Waals surface area contributed by atoms with Crippen LogP contribution >= 0.6 is 0 Å². The van der Waals surface area contributed by atoms with Gasteiger partial charge in [-0.1, -0.05) is 19.4 Å². The Morgan fingerprint density at radius 2 is 2.14 bits per heavy atom. The number of nitrogens with one attached hydrogen (secondary N) is 1. The molecule has 1 saturated heterocycles. The highest BCUT2D eigenvalue weighted by Crippen LogP contribution is 2.37. The number of carbonyl (C=O) groups is 1. The van der Waals surface area contributed by atoms with E-state index < -0.39 is 11.7 Å². The van der Waals surface area contributed by atoms with E-state index in [0.29, 0.717) is 19.0 Å². The molecule has 0 saturated carbocycles. The second-order valence-electron chi connectivity index (χ2n) is 5.29. The summed E-state index contributed by atoms with van der Waals surface area (Å²) in [4.78, 5) is 14.1. The predicted molar refractivity (Wildman–Crippen MR) is 75.3 cm³/mol. The molecule has 1 fully saturated rings. The molecule has 116 valence electrons. The molecule has 3 nitrogen and oxygen atoms in total. The maximum atomic E-state index is 13.0. The summed E-state index contributed by atoms with van der Waals surface area (Å²) in [5.41, 5.74) is -0.860. The fourth-order valence-electron chi connectivity index (χ4n) is 2.76. The Kier molecular flexibility index (Phi) is 4.44. The molecular weight excluding hydrogens is 281 g/mol. The number of anilines is 1. The van der Waals surface area contributed by atoms with Crippen LogP contribution in [0.5, 0.6) is 0 Å². The minimum atomic E-state index is -4.48. The van der Waals surface area contributed by atoms with Crippen molar-refractivity contribution >= 4 is 11.6 Å². The molecule has 21 heavy (non-hydrogen) atoms. The molecule has 1 aliphatic rings. The molecule has 0 spiro atoms. The Balaban J connectivity index is 2.34. The van der Waals surface area contributed by atoms with E-state index in [2.05, 4.69) is 12.2 Å². The van der Waals surface area contributed by atoms with E-state index in [0.717, 1.165) is 18.9 Å². The van der Waals surface area contributed by atoms with Crippen molar-refractivity contribution in [3.8, 4) is 0 Å². The molecule has 1 heterocycles. The second-order valence-corrected chi connectivity index (χ2v) is 5.29. The van der Waals surface area contributed by atoms with Crippen molar-refractivity contribution in [2.24, 2.45) is 5.92 Å². The van der Waals surface area contributed by atoms with Gasteiger partial charge in [-0.15, -0.1) is 0 Å². The molecule has 0 bridgehead atoms. The van der Waals surface area contributed by atoms with Crippen molar-refractivity contribution in [1.29, 1.82) is 0 Å². The molecule has 1 atom stereocenters. The van der Waals surface area contributed by atoms with Crippen molar-refractivity contribution in [3.63, 3.8) is 0 Å². The average molecular weight is 300 g/mol. The van der Waals surface area contributed by atoms with E-state index in [1.54, 1.807) is 4.90 Å². The van der Waals surface area contributed by atoms with Crippen LogP contribution in [0.3, 0.4) is 0 Å². The third kappa shape index (κ3) is 3.14. The van der Waals surface area contributed by atoms with Gasteiger partial charge in [0, 0.05) is 20.1 Å². The van der Waals surface area contributed by atoms with Crippen LogP contribution in [-0.2, 0) is 6.18 Å². The SMILES string of the molecule is CCC1CCN(C(=O)c2cccc(C(F)(F)F)c2NC)C1. The van der Waals surface area contributed by atoms with Crippen LogP contribution in [0.25, 0.3) is 0 Å². The number of para-hydroxylation sites is 1. The lowest BCUT2D eigenvalue weighted by Gasteiger charge is -2.21. The molecule has 0 aliphatic carbocycles. The number of hydrogen-bond donors (Lipinski definition) is 1. The number of hydrogen-bond acceptors (Lipinski definition) is 2. The Hall–Kier alpha value is -1.72. The first-order valence-corrected chi connectivity index (χ1v) is 7.05. The highest BCUT2D eigenvalue weighted by atomic mass is 19.4. The van der Waals surface area contributed by atoms with E-state index in [9.17, 15) is 18.0 Å². The standard InChI is InChI=1S/C15H19F3N2O/c1-3-10-7-8-20(9-10)14(21)11-5-4-6-12(13(11)19-2)15(16,17)18/h4-6,10,19H,3,7-9H2,1-2H3. The number of amides is 1. The Labute approximate surface area is 122 Å². The zero-order chi connectivity index (χ0) is 15.6. The van der Waals surface area contributed by atoms with E-state index in [1.807, 2.05) is 0 Å². The van der Waals surface area contributed by atoms with Crippen molar-refractivity contribution in [2.75, 3.05) is 25.5 Å². The van der Waals surface area contributed by atoms with Gasteiger partial charge in [0.05, 0.1) is 16.8 Å². The number of halogens is 3. The van der Waals surface area contributed by atoms with E-state index in [-0.39, 0.29) is 17.2 Å². The van der Waals surface area contributed by atoms with Gasteiger partial charge in [0.15, 0.2) is 0 Å². The lowest BCUT2D eigenvalue weighted by molar-refractivity contribution is -0.136. The van der Waals surface area contributed by atoms with E-state index in [1.165, 1.54) is 19.2 Å². The first-order valence-electron chi connectivity index (χ1n) is 7.05. The number of rotatable bonds is 3. The molecule has 1 N–H and O–H groups in total. The number of benzene rings is 1. The van der Waals surface area contributed by atoms with E-state index in [4.69, 9.17) is 0 Å². The minimum absolute atomic E-state index is 0.0871. The third-order valence-corrected chi connectivity index (χ3v) is 4.00. The van der Waals surface area contributed by atoms with Crippen LogP contribution in [-0.4, -0.2) is 30.9 Å². The summed E-state index contributed by atoms with van der Waals surface area (Å²) in [6, 6.07) is 3.72. The van der Waals surface area contributed by atoms with Gasteiger partial charge in [-0.3, -0.25) is 4.79 Å². The first-order chi connectivity index (χ1) is 9.88. The molecule has 1 aliphatic heterocycles. The van der Waals surface area contributed by atoms with Crippen molar-refractivity contribution in [2.45, 2.75) is 25.9 Å². The van der Waals surface area contributed by atoms with Crippen molar-refractivity contribution in [3.05, 3.63) is 29.3 Å². The summed E-state index contributed by atoms with van der Waals surface area (Å²) in [6.45, 7) is 3.29. The summed E-state index contributed by atoms with van der Waals surface area (Å²) >= 11 is 0. The van der Waals surface area contributed by atoms with Crippen molar-refractivity contribution < 1.29 is 18.0 Å². The molecule has 1 aromatic carbocycles. The monoisotopic (exact) mass is 300 g/mol. The maximum absolute atomic E-state index is 13.0. The van der Waals surface area contributed by atoms with Crippen molar-refractivity contribution in [1.82, 2.24) is 4.90 Å². The van der Waals surface area contributed by atoms with Crippen LogP contribution < -0.4 is 5.32 Å². The molecular formula is C15H19F3N2O. The van der Waals surface area contributed by atoms with Crippen LogP contribution in [0.2, 0.25) is 0 Å². The van der Waals surface area contributed by atoms with Crippen LogP contribution in [0.15, 0.2) is 18.2 Å². The number of carbonyl (C=O) groups excluding carboxylic acids is 1. The fourth-order valence-corrected chi connectivity index (χ4v) is 2.76. The first kappa shape index (κ1) is 15.7. The second kappa shape index (κ2) is 5.95. The van der Waals surface area contributed by atoms with Gasteiger partial charge in [-0.05, 0) is 24.5 Å². The Morgan fingerprint density at radius 3 is 2.67 bits per heavy atom. The quantitative estimate of drug-likeness (QED) is 0.924. The van der Waals surface area contributed by atoms with Gasteiger partial charge in [0.25, 0.3) is 5.91 Å². The number of likely N-dealkylation sites (tertiary alicyclic amines) is 1. The van der Waals surface area contributed by atoms with Gasteiger partial charge in [0.2, 0.25) is 0 Å². The highest BCUT2D eigenvalue weighted by molar-refractivity contribution is 6.00. The minimum Gasteiger partial charge on any atom is -0.387 e. The molecule has 2 rings (SSSR count). The number of nitrogens with zero attached hydrogens (tertiary/aromatic N) is 1.